The third-order valence-corrected chi connectivity index (χ3v) is 3.30. The van der Waals surface area contributed by atoms with Gasteiger partial charge in [0, 0.05) is 15.7 Å². The number of thioether (sulfide) groups is 1. The van der Waals surface area contributed by atoms with E-state index in [1.165, 1.54) is 4.90 Å². The molecule has 0 amide bonds. The third kappa shape index (κ3) is 4.58. The van der Waals surface area contributed by atoms with E-state index in [1.54, 1.807) is 0 Å². The minimum Gasteiger partial charge on any atom is -0.126 e. The molecule has 0 spiro atoms. The van der Waals surface area contributed by atoms with Gasteiger partial charge in [-0.3, -0.25) is 0 Å². The Kier molecular flexibility index (Phi) is 3.69. The summed E-state index contributed by atoms with van der Waals surface area (Å²) >= 11 is 7.74. The Morgan fingerprint density at radius 3 is 2.54 bits per heavy atom. The maximum atomic E-state index is 5.88. The molecule has 72 valence electrons. The van der Waals surface area contributed by atoms with Gasteiger partial charge >= 0.3 is 0 Å². The zero-order valence-corrected chi connectivity index (χ0v) is 9.88. The first-order valence-electron chi connectivity index (χ1n) is 4.36. The second kappa shape index (κ2) is 4.39. The van der Waals surface area contributed by atoms with Crippen molar-refractivity contribution in [3.8, 4) is 0 Å². The van der Waals surface area contributed by atoms with Crippen LogP contribution in [-0.2, 0) is 0 Å². The fourth-order valence-corrected chi connectivity index (χ4v) is 2.10. The summed E-state index contributed by atoms with van der Waals surface area (Å²) in [4.78, 5) is 1.25. The van der Waals surface area contributed by atoms with Crippen LogP contribution in [0.3, 0.4) is 0 Å². The maximum Gasteiger partial charge on any atom is 0.0417 e. The summed E-state index contributed by atoms with van der Waals surface area (Å²) in [5.41, 5.74) is 0.368. The Labute approximate surface area is 89.7 Å². The third-order valence-electron chi connectivity index (χ3n) is 1.47. The van der Waals surface area contributed by atoms with Crippen LogP contribution in [0.15, 0.2) is 29.2 Å². The predicted molar refractivity (Wildman–Crippen MR) is 61.6 cm³/mol. The Balaban J connectivity index is 2.55. The highest BCUT2D eigenvalue weighted by Crippen LogP contribution is 2.28. The molecule has 2 heteroatoms. The van der Waals surface area contributed by atoms with Crippen LogP contribution in [0.1, 0.15) is 20.8 Å². The van der Waals surface area contributed by atoms with Crippen molar-refractivity contribution in [2.75, 3.05) is 5.75 Å². The van der Waals surface area contributed by atoms with Crippen LogP contribution in [0.5, 0.6) is 0 Å². The van der Waals surface area contributed by atoms with Gasteiger partial charge in [-0.05, 0) is 23.6 Å². The van der Waals surface area contributed by atoms with Gasteiger partial charge in [0.1, 0.15) is 0 Å². The highest BCUT2D eigenvalue weighted by atomic mass is 35.5. The van der Waals surface area contributed by atoms with Gasteiger partial charge in [-0.15, -0.1) is 11.8 Å². The van der Waals surface area contributed by atoms with E-state index in [-0.39, 0.29) is 0 Å². The molecule has 0 aromatic heterocycles. The van der Waals surface area contributed by atoms with Crippen molar-refractivity contribution >= 4 is 23.4 Å². The van der Waals surface area contributed by atoms with E-state index >= 15 is 0 Å². The van der Waals surface area contributed by atoms with Crippen LogP contribution in [0, 0.1) is 5.41 Å². The van der Waals surface area contributed by atoms with Crippen molar-refractivity contribution in [3.63, 3.8) is 0 Å². The fraction of sp³-hybridized carbons (Fsp3) is 0.455. The summed E-state index contributed by atoms with van der Waals surface area (Å²) in [6.07, 6.45) is 0. The molecule has 13 heavy (non-hydrogen) atoms. The smallest absolute Gasteiger partial charge is 0.0417 e. The zero-order chi connectivity index (χ0) is 9.90. The van der Waals surface area contributed by atoms with Crippen LogP contribution in [0.2, 0.25) is 5.02 Å². The number of hydrogen-bond acceptors (Lipinski definition) is 1. The van der Waals surface area contributed by atoms with Gasteiger partial charge in [0.05, 0.1) is 0 Å². The normalized spacial score (nSPS) is 11.7. The molecule has 0 atom stereocenters. The second-order valence-corrected chi connectivity index (χ2v) is 5.79. The van der Waals surface area contributed by atoms with Gasteiger partial charge in [0.2, 0.25) is 0 Å². The Hall–Kier alpha value is -0.140. The fourth-order valence-electron chi connectivity index (χ4n) is 0.857. The molecule has 0 saturated heterocycles. The summed E-state index contributed by atoms with van der Waals surface area (Å²) in [7, 11) is 0. The van der Waals surface area contributed by atoms with E-state index in [0.29, 0.717) is 5.41 Å². The predicted octanol–water partition coefficient (Wildman–Crippen LogP) is 4.48. The molecule has 0 nitrogen and oxygen atoms in total. The van der Waals surface area contributed by atoms with E-state index in [9.17, 15) is 0 Å². The van der Waals surface area contributed by atoms with Crippen LogP contribution >= 0.6 is 23.4 Å². The molecule has 0 aliphatic rings. The van der Waals surface area contributed by atoms with Crippen molar-refractivity contribution in [1.82, 2.24) is 0 Å². The first kappa shape index (κ1) is 10.9. The average Bonchev–Trinajstić information content (AvgIpc) is 2.00. The Bertz CT molecular complexity index is 276. The Morgan fingerprint density at radius 2 is 2.00 bits per heavy atom. The molecule has 0 bridgehead atoms. The highest BCUT2D eigenvalue weighted by Gasteiger charge is 2.10. The zero-order valence-electron chi connectivity index (χ0n) is 8.30. The standard InChI is InChI=1S/C11H15ClS/c1-11(2,3)8-13-10-6-4-5-9(12)7-10/h4-7H,8H2,1-3H3. The van der Waals surface area contributed by atoms with Crippen molar-refractivity contribution in [2.45, 2.75) is 25.7 Å². The lowest BCUT2D eigenvalue weighted by Crippen LogP contribution is -2.07. The molecule has 0 N–H and O–H groups in total. The molecule has 0 aliphatic heterocycles. The molecule has 0 fully saturated rings. The largest absolute Gasteiger partial charge is 0.126 e. The topological polar surface area (TPSA) is 0 Å². The SMILES string of the molecule is CC(C)(C)CSc1cccc(Cl)c1. The van der Waals surface area contributed by atoms with E-state index in [0.717, 1.165) is 10.8 Å². The summed E-state index contributed by atoms with van der Waals surface area (Å²) in [5.74, 6) is 1.12. The number of hydrogen-bond donors (Lipinski definition) is 0. The molecule has 0 heterocycles. The molecule has 0 saturated carbocycles. The summed E-state index contributed by atoms with van der Waals surface area (Å²) in [6.45, 7) is 6.72. The second-order valence-electron chi connectivity index (χ2n) is 4.31. The molecule has 0 unspecified atom stereocenters. The van der Waals surface area contributed by atoms with Crippen molar-refractivity contribution in [3.05, 3.63) is 29.3 Å². The molecule has 1 aromatic rings. The summed E-state index contributed by atoms with van der Waals surface area (Å²) in [5, 5.41) is 0.818. The van der Waals surface area contributed by atoms with Gasteiger partial charge in [-0.25, -0.2) is 0 Å². The minimum atomic E-state index is 0.368. The van der Waals surface area contributed by atoms with Gasteiger partial charge in [0.15, 0.2) is 0 Å². The van der Waals surface area contributed by atoms with Crippen LogP contribution in [0.4, 0.5) is 0 Å². The minimum absolute atomic E-state index is 0.368. The molecule has 1 aromatic carbocycles. The quantitative estimate of drug-likeness (QED) is 0.655. The van der Waals surface area contributed by atoms with Crippen molar-refractivity contribution in [1.29, 1.82) is 0 Å². The Morgan fingerprint density at radius 1 is 1.31 bits per heavy atom. The molecule has 0 radical (unpaired) electrons. The molecular formula is C11H15ClS. The monoisotopic (exact) mass is 214 g/mol. The van der Waals surface area contributed by atoms with E-state index in [1.807, 2.05) is 30.0 Å². The number of halogens is 1. The molecular weight excluding hydrogens is 200 g/mol. The van der Waals surface area contributed by atoms with Gasteiger partial charge < -0.3 is 0 Å². The molecule has 1 rings (SSSR count). The van der Waals surface area contributed by atoms with Crippen LogP contribution in [-0.4, -0.2) is 5.75 Å². The maximum absolute atomic E-state index is 5.88. The summed E-state index contributed by atoms with van der Waals surface area (Å²) in [6, 6.07) is 8.01. The van der Waals surface area contributed by atoms with Gasteiger partial charge in [0.25, 0.3) is 0 Å². The van der Waals surface area contributed by atoms with Crippen LogP contribution in [0.25, 0.3) is 0 Å². The lowest BCUT2D eigenvalue weighted by atomic mass is 10.0. The lowest BCUT2D eigenvalue weighted by Gasteiger charge is -2.17. The highest BCUT2D eigenvalue weighted by molar-refractivity contribution is 7.99. The number of benzene rings is 1. The van der Waals surface area contributed by atoms with Crippen molar-refractivity contribution in [2.24, 2.45) is 5.41 Å². The average molecular weight is 215 g/mol. The van der Waals surface area contributed by atoms with E-state index in [2.05, 4.69) is 26.8 Å². The van der Waals surface area contributed by atoms with E-state index in [4.69, 9.17) is 11.6 Å². The van der Waals surface area contributed by atoms with E-state index < -0.39 is 0 Å². The first-order chi connectivity index (χ1) is 5.97. The van der Waals surface area contributed by atoms with Crippen molar-refractivity contribution < 1.29 is 0 Å². The van der Waals surface area contributed by atoms with Crippen LogP contribution < -0.4 is 0 Å². The number of rotatable bonds is 2. The molecule has 0 aliphatic carbocycles. The first-order valence-corrected chi connectivity index (χ1v) is 5.72. The van der Waals surface area contributed by atoms with Gasteiger partial charge in [-0.1, -0.05) is 38.4 Å². The summed E-state index contributed by atoms with van der Waals surface area (Å²) < 4.78 is 0. The van der Waals surface area contributed by atoms with Gasteiger partial charge in [-0.2, -0.15) is 0 Å². The lowest BCUT2D eigenvalue weighted by molar-refractivity contribution is 0.481.